The predicted octanol–water partition coefficient (Wildman–Crippen LogP) is 10.4. The molecule has 8 aromatic rings. The number of H-pyrrole nitrogens is 1. The van der Waals surface area contributed by atoms with Gasteiger partial charge in [0.1, 0.15) is 59.1 Å². The van der Waals surface area contributed by atoms with Crippen molar-refractivity contribution in [2.45, 2.75) is 77.3 Å². The first-order valence-corrected chi connectivity index (χ1v) is 26.7. The second kappa shape index (κ2) is 23.0. The van der Waals surface area contributed by atoms with Crippen molar-refractivity contribution in [1.29, 1.82) is 5.26 Å². The quantitative estimate of drug-likeness (QED) is 0.153. The molecule has 16 nitrogen and oxygen atoms in total. The number of nitrogen functional groups attached to an aromatic ring is 1. The predicted molar refractivity (Wildman–Crippen MR) is 301 cm³/mol. The Labute approximate surface area is 459 Å². The highest BCUT2D eigenvalue weighted by Gasteiger charge is 2.59. The van der Waals surface area contributed by atoms with Gasteiger partial charge in [0.25, 0.3) is 0 Å². The zero-order valence-electron chi connectivity index (χ0n) is 45.1. The molecule has 16 heteroatoms. The number of aromatic nitrogens is 3. The fraction of sp³-hybridized carbons (Fsp3) is 0.254. The third kappa shape index (κ3) is 9.00. The van der Waals surface area contributed by atoms with Crippen LogP contribution in [0.5, 0.6) is 17.2 Å². The Morgan fingerprint density at radius 3 is 1.33 bits per heavy atom. The number of benzene rings is 6. The number of amides is 3. The Hall–Kier alpha value is -9.49. The average molecular weight is 1060 g/mol. The highest BCUT2D eigenvalue weighted by Crippen LogP contribution is 2.55. The Morgan fingerprint density at radius 2 is 0.937 bits per heavy atom. The third-order valence-electron chi connectivity index (χ3n) is 14.6. The van der Waals surface area contributed by atoms with Gasteiger partial charge in [-0.25, -0.2) is 0 Å². The topological polar surface area (TPSA) is 210 Å². The van der Waals surface area contributed by atoms with E-state index in [1.54, 1.807) is 28.1 Å². The van der Waals surface area contributed by atoms with Crippen LogP contribution in [0.15, 0.2) is 168 Å². The smallest absolute Gasteiger partial charge is 0.246 e. The summed E-state index contributed by atoms with van der Waals surface area (Å²) in [6, 6.07) is 51.7. The first-order chi connectivity index (χ1) is 38.7. The number of hydrogen-bond acceptors (Lipinski definition) is 12. The molecule has 3 amide bonds. The number of nitrogens with two attached hydrogens (primary N) is 1. The van der Waals surface area contributed by atoms with Crippen LogP contribution in [0, 0.1) is 11.3 Å². The van der Waals surface area contributed by atoms with Gasteiger partial charge in [-0.2, -0.15) is 10.4 Å². The molecule has 0 radical (unpaired) electrons. The van der Waals surface area contributed by atoms with E-state index in [-0.39, 0.29) is 43.1 Å². The maximum absolute atomic E-state index is 13.5. The second-order valence-electron chi connectivity index (χ2n) is 18.5. The zero-order valence-corrected chi connectivity index (χ0v) is 45.1. The number of anilines is 4. The standard InChI is InChI=1S/C19H16N4O2.2C19H14N2O3.3C2H6/c20-17-9-12(21-22-17)10-23-15-7-3-1-5-13(15)19(18(23)24)11-25-16-8-4-2-6-14(16)19;22-18-19(12-23-17-8-4-2-6-15(17)19)14-5-1-3-7-16(14)21(18)11-13-9-10-20-24-13;20-10-9-13(22)11-21-16-7-3-1-5-14(16)19(18(21)23)12-24-17-8-4-2-6-15(17)19;3*1-2/h1-9H,10-11H2,(H3,20,21,22);1-10H,11-12H2;1-8H,9,11-12H2;3*1-2H3. The third-order valence-corrected chi connectivity index (χ3v) is 14.6. The van der Waals surface area contributed by atoms with Crippen LogP contribution in [-0.2, 0) is 48.5 Å². The lowest BCUT2D eigenvalue weighted by Gasteiger charge is -2.22. The number of rotatable bonds is 7. The van der Waals surface area contributed by atoms with Crippen LogP contribution in [0.3, 0.4) is 0 Å². The van der Waals surface area contributed by atoms with Gasteiger partial charge < -0.3 is 39.2 Å². The molecular weight excluding hydrogens is 997 g/mol. The molecule has 3 unspecified atom stereocenters. The van der Waals surface area contributed by atoms with Crippen molar-refractivity contribution in [1.82, 2.24) is 15.4 Å². The number of nitrogens with zero attached hydrogens (tertiary/aromatic N) is 6. The van der Waals surface area contributed by atoms with Crippen molar-refractivity contribution in [3.63, 3.8) is 0 Å². The minimum atomic E-state index is -0.903. The second-order valence-corrected chi connectivity index (χ2v) is 18.5. The fourth-order valence-corrected chi connectivity index (χ4v) is 11.3. The van der Waals surface area contributed by atoms with Crippen molar-refractivity contribution >= 4 is 46.4 Å². The SMILES string of the molecule is CC.CC.CC.N#CCC(=O)CN1C(=O)C2(COc3ccccc32)c2ccccc21.Nc1cc(CN2C(=O)C3(COc4ccccc43)c3ccccc32)[nH]n1.O=C1N(Cc2ccno2)c2ccccc2C12COc1ccccc12. The van der Waals surface area contributed by atoms with Gasteiger partial charge in [-0.05, 0) is 53.1 Å². The van der Waals surface area contributed by atoms with Crippen LogP contribution < -0.4 is 34.6 Å². The van der Waals surface area contributed by atoms with Crippen LogP contribution in [0.25, 0.3) is 0 Å². The zero-order chi connectivity index (χ0) is 55.9. The summed E-state index contributed by atoms with van der Waals surface area (Å²) in [5.41, 5.74) is 12.1. The Kier molecular flexibility index (Phi) is 15.8. The summed E-state index contributed by atoms with van der Waals surface area (Å²) >= 11 is 0. The monoisotopic (exact) mass is 1060 g/mol. The van der Waals surface area contributed by atoms with Crippen molar-refractivity contribution in [2.75, 3.05) is 46.8 Å². The molecule has 2 aromatic heterocycles. The van der Waals surface area contributed by atoms with E-state index in [2.05, 4.69) is 15.4 Å². The molecule has 3 atom stereocenters. The van der Waals surface area contributed by atoms with Crippen molar-refractivity contribution < 1.29 is 37.9 Å². The summed E-state index contributed by atoms with van der Waals surface area (Å²) in [4.78, 5) is 57.3. The van der Waals surface area contributed by atoms with E-state index in [1.165, 1.54) is 4.90 Å². The number of fused-ring (bicyclic) bond motifs is 12. The molecule has 0 saturated heterocycles. The highest BCUT2D eigenvalue weighted by molar-refractivity contribution is 6.14. The summed E-state index contributed by atoms with van der Waals surface area (Å²) in [5, 5.41) is 19.3. The van der Waals surface area contributed by atoms with E-state index in [0.717, 1.165) is 61.9 Å². The van der Waals surface area contributed by atoms with Gasteiger partial charge in [0.15, 0.2) is 11.5 Å². The summed E-state index contributed by atoms with van der Waals surface area (Å²) < 4.78 is 22.7. The van der Waals surface area contributed by atoms with E-state index in [0.29, 0.717) is 49.3 Å². The maximum atomic E-state index is 13.5. The molecule has 6 aromatic carbocycles. The van der Waals surface area contributed by atoms with E-state index >= 15 is 0 Å². The van der Waals surface area contributed by atoms with Gasteiger partial charge in [-0.3, -0.25) is 24.3 Å². The number of ether oxygens (including phenoxy) is 3. The molecule has 14 rings (SSSR count). The van der Waals surface area contributed by atoms with E-state index in [4.69, 9.17) is 29.7 Å². The molecule has 79 heavy (non-hydrogen) atoms. The molecule has 6 aliphatic heterocycles. The first kappa shape index (κ1) is 54.3. The summed E-state index contributed by atoms with van der Waals surface area (Å²) in [5.74, 6) is 2.93. The van der Waals surface area contributed by atoms with Gasteiger partial charge in [0, 0.05) is 45.9 Å². The van der Waals surface area contributed by atoms with Crippen molar-refractivity contribution in [2.24, 2.45) is 0 Å². The summed E-state index contributed by atoms with van der Waals surface area (Å²) in [7, 11) is 0. The number of nitriles is 1. The normalized spacial score (nSPS) is 19.4. The summed E-state index contributed by atoms with van der Waals surface area (Å²) in [6.45, 7) is 13.5. The number of para-hydroxylation sites is 6. The Balaban J connectivity index is 0.000000137. The minimum Gasteiger partial charge on any atom is -0.491 e. The fourth-order valence-electron chi connectivity index (χ4n) is 11.3. The Bertz CT molecular complexity index is 3570. The average Bonchev–Trinajstić information content (AvgIpc) is 3.78. The number of carbonyl (C=O) groups is 4. The maximum Gasteiger partial charge on any atom is 0.246 e. The number of Topliss-reactive ketones (excluding diaryl/α,β-unsaturated/α-hetero) is 1. The Morgan fingerprint density at radius 1 is 0.557 bits per heavy atom. The molecule has 3 spiro atoms. The van der Waals surface area contributed by atoms with Gasteiger partial charge in [0.05, 0.1) is 44.0 Å². The van der Waals surface area contributed by atoms with E-state index < -0.39 is 16.2 Å². The van der Waals surface area contributed by atoms with Gasteiger partial charge >= 0.3 is 0 Å². The number of nitrogens with one attached hydrogen (secondary N) is 1. The van der Waals surface area contributed by atoms with Crippen LogP contribution >= 0.6 is 0 Å². The van der Waals surface area contributed by atoms with Crippen LogP contribution in [0.4, 0.5) is 22.9 Å². The van der Waals surface area contributed by atoms with Crippen molar-refractivity contribution in [3.8, 4) is 23.3 Å². The number of aromatic amines is 1. The molecule has 6 aliphatic rings. The number of carbonyl (C=O) groups excluding carboxylic acids is 4. The largest absolute Gasteiger partial charge is 0.491 e. The first-order valence-electron chi connectivity index (χ1n) is 26.7. The molecule has 3 N–H and O–H groups in total. The molecule has 0 bridgehead atoms. The summed E-state index contributed by atoms with van der Waals surface area (Å²) in [6.07, 6.45) is 1.39. The lowest BCUT2D eigenvalue weighted by Crippen LogP contribution is -2.44. The molecule has 0 saturated carbocycles. The lowest BCUT2D eigenvalue weighted by atomic mass is 9.77. The molecule has 0 fully saturated rings. The van der Waals surface area contributed by atoms with Crippen LogP contribution in [0.2, 0.25) is 0 Å². The van der Waals surface area contributed by atoms with Gasteiger partial charge in [0.2, 0.25) is 17.7 Å². The lowest BCUT2D eigenvalue weighted by molar-refractivity contribution is -0.124. The van der Waals surface area contributed by atoms with Crippen LogP contribution in [0.1, 0.15) is 92.8 Å². The molecule has 0 aliphatic carbocycles. The van der Waals surface area contributed by atoms with Gasteiger partial charge in [-0.15, -0.1) is 0 Å². The van der Waals surface area contributed by atoms with E-state index in [9.17, 15) is 19.2 Å². The molecule has 402 valence electrons. The van der Waals surface area contributed by atoms with Gasteiger partial charge in [-0.1, -0.05) is 156 Å². The molecular formula is C63H62N8O8. The highest BCUT2D eigenvalue weighted by atomic mass is 16.5. The van der Waals surface area contributed by atoms with E-state index in [1.807, 2.05) is 193 Å². The molecule has 8 heterocycles. The number of ketones is 1. The number of hydrogen-bond donors (Lipinski definition) is 2. The minimum absolute atomic E-state index is 0.0186. The van der Waals surface area contributed by atoms with Crippen LogP contribution in [-0.4, -0.2) is 65.2 Å². The van der Waals surface area contributed by atoms with Crippen molar-refractivity contribution in [3.05, 3.63) is 209 Å².